The topological polar surface area (TPSA) is 30.3 Å². The Hall–Kier alpha value is -1.65. The number of ether oxygens (including phenoxy) is 1. The van der Waals surface area contributed by atoms with Gasteiger partial charge in [-0.1, -0.05) is 6.07 Å². The molecule has 0 saturated carbocycles. The molecule has 0 amide bonds. The Labute approximate surface area is 126 Å². The molecule has 0 aromatic carbocycles. The van der Waals surface area contributed by atoms with Crippen LogP contribution in [-0.4, -0.2) is 47.3 Å². The lowest BCUT2D eigenvalue weighted by Gasteiger charge is -2.26. The minimum absolute atomic E-state index is 0.879. The zero-order valence-electron chi connectivity index (χ0n) is 12.7. The molecule has 1 aliphatic heterocycles. The summed E-state index contributed by atoms with van der Waals surface area (Å²) in [7, 11) is 0. The fraction of sp³-hybridized carbons (Fsp3) is 0.471. The molecule has 0 aliphatic carbocycles. The van der Waals surface area contributed by atoms with Gasteiger partial charge in [0.05, 0.1) is 13.2 Å². The molecule has 0 atom stereocenters. The molecule has 1 fully saturated rings. The number of aryl methyl sites for hydroxylation is 2. The van der Waals surface area contributed by atoms with Gasteiger partial charge in [0, 0.05) is 31.2 Å². The van der Waals surface area contributed by atoms with Crippen LogP contribution in [0.5, 0.6) is 0 Å². The Morgan fingerprint density at radius 3 is 2.81 bits per heavy atom. The smallest absolute Gasteiger partial charge is 0.136 e. The average molecular weight is 285 g/mol. The van der Waals surface area contributed by atoms with Gasteiger partial charge in [-0.3, -0.25) is 4.90 Å². The Bertz CT molecular complexity index is 556. The summed E-state index contributed by atoms with van der Waals surface area (Å²) in [4.78, 5) is 7.00. The monoisotopic (exact) mass is 285 g/mol. The first-order valence-electron chi connectivity index (χ1n) is 7.72. The lowest BCUT2D eigenvalue weighted by Crippen LogP contribution is -2.37. The standard InChI is InChI=1S/C17H23N3O/c1-15-6-7-17(18-14-15)20-9-3-5-16(20)4-2-8-19-10-12-21-13-11-19/h3,5-7,9,14H,2,4,8,10-13H2,1H3. The first-order chi connectivity index (χ1) is 10.3. The molecule has 0 bridgehead atoms. The zero-order valence-corrected chi connectivity index (χ0v) is 12.7. The number of hydrogen-bond acceptors (Lipinski definition) is 3. The summed E-state index contributed by atoms with van der Waals surface area (Å²) >= 11 is 0. The van der Waals surface area contributed by atoms with Crippen molar-refractivity contribution in [2.75, 3.05) is 32.8 Å². The van der Waals surface area contributed by atoms with E-state index >= 15 is 0 Å². The predicted octanol–water partition coefficient (Wildman–Crippen LogP) is 2.45. The van der Waals surface area contributed by atoms with Crippen LogP contribution >= 0.6 is 0 Å². The van der Waals surface area contributed by atoms with E-state index in [2.05, 4.69) is 51.8 Å². The average Bonchev–Trinajstić information content (AvgIpc) is 2.98. The summed E-state index contributed by atoms with van der Waals surface area (Å²) in [5.41, 5.74) is 2.53. The van der Waals surface area contributed by atoms with Crippen molar-refractivity contribution in [1.29, 1.82) is 0 Å². The van der Waals surface area contributed by atoms with Crippen LogP contribution < -0.4 is 0 Å². The van der Waals surface area contributed by atoms with Gasteiger partial charge in [0.25, 0.3) is 0 Å². The molecule has 0 spiro atoms. The molecule has 3 heterocycles. The predicted molar refractivity (Wildman–Crippen MR) is 83.9 cm³/mol. The van der Waals surface area contributed by atoms with Crippen LogP contribution in [-0.2, 0) is 11.2 Å². The highest BCUT2D eigenvalue weighted by Crippen LogP contribution is 2.13. The molecule has 0 unspecified atom stereocenters. The number of hydrogen-bond donors (Lipinski definition) is 0. The van der Waals surface area contributed by atoms with Gasteiger partial charge >= 0.3 is 0 Å². The normalized spacial score (nSPS) is 16.2. The van der Waals surface area contributed by atoms with Gasteiger partial charge < -0.3 is 9.30 Å². The maximum atomic E-state index is 5.38. The van der Waals surface area contributed by atoms with Crippen molar-refractivity contribution in [3.63, 3.8) is 0 Å². The van der Waals surface area contributed by atoms with Crippen molar-refractivity contribution in [3.8, 4) is 5.82 Å². The van der Waals surface area contributed by atoms with Crippen molar-refractivity contribution < 1.29 is 4.74 Å². The second kappa shape index (κ2) is 6.87. The quantitative estimate of drug-likeness (QED) is 0.845. The van der Waals surface area contributed by atoms with Crippen LogP contribution in [0.3, 0.4) is 0 Å². The molecule has 3 rings (SSSR count). The van der Waals surface area contributed by atoms with Gasteiger partial charge in [0.15, 0.2) is 0 Å². The van der Waals surface area contributed by atoms with Crippen molar-refractivity contribution in [1.82, 2.24) is 14.5 Å². The molecule has 1 aliphatic rings. The van der Waals surface area contributed by atoms with Gasteiger partial charge in [0.2, 0.25) is 0 Å². The summed E-state index contributed by atoms with van der Waals surface area (Å²) in [6.45, 7) is 7.11. The Balaban J connectivity index is 1.59. The van der Waals surface area contributed by atoms with E-state index < -0.39 is 0 Å². The third-order valence-corrected chi connectivity index (χ3v) is 3.99. The van der Waals surface area contributed by atoms with E-state index in [0.717, 1.165) is 45.1 Å². The SMILES string of the molecule is Cc1ccc(-n2cccc2CCCN2CCOCC2)nc1. The van der Waals surface area contributed by atoms with Gasteiger partial charge in [-0.05, 0) is 50.1 Å². The molecule has 2 aromatic heterocycles. The molecule has 0 N–H and O–H groups in total. The summed E-state index contributed by atoms with van der Waals surface area (Å²) in [6, 6.07) is 8.49. The fourth-order valence-electron chi connectivity index (χ4n) is 2.75. The minimum atomic E-state index is 0.879. The van der Waals surface area contributed by atoms with Crippen molar-refractivity contribution in [2.45, 2.75) is 19.8 Å². The van der Waals surface area contributed by atoms with E-state index in [1.165, 1.54) is 17.7 Å². The van der Waals surface area contributed by atoms with Crippen molar-refractivity contribution >= 4 is 0 Å². The maximum Gasteiger partial charge on any atom is 0.136 e. The first kappa shape index (κ1) is 14.3. The summed E-state index contributed by atoms with van der Waals surface area (Å²) in [6.07, 6.45) is 6.28. The number of nitrogens with zero attached hydrogens (tertiary/aromatic N) is 3. The third-order valence-electron chi connectivity index (χ3n) is 3.99. The van der Waals surface area contributed by atoms with Gasteiger partial charge in [-0.2, -0.15) is 0 Å². The fourth-order valence-corrected chi connectivity index (χ4v) is 2.75. The third kappa shape index (κ3) is 3.71. The van der Waals surface area contributed by atoms with Crippen LogP contribution in [0, 0.1) is 6.92 Å². The van der Waals surface area contributed by atoms with E-state index in [-0.39, 0.29) is 0 Å². The molecular weight excluding hydrogens is 262 g/mol. The van der Waals surface area contributed by atoms with Crippen molar-refractivity contribution in [3.05, 3.63) is 47.9 Å². The Morgan fingerprint density at radius 1 is 1.19 bits per heavy atom. The van der Waals surface area contributed by atoms with Crippen LogP contribution in [0.4, 0.5) is 0 Å². The van der Waals surface area contributed by atoms with Crippen LogP contribution in [0.15, 0.2) is 36.7 Å². The van der Waals surface area contributed by atoms with Crippen LogP contribution in [0.1, 0.15) is 17.7 Å². The molecule has 1 saturated heterocycles. The van der Waals surface area contributed by atoms with Gasteiger partial charge in [-0.15, -0.1) is 0 Å². The van der Waals surface area contributed by atoms with Crippen LogP contribution in [0.2, 0.25) is 0 Å². The lowest BCUT2D eigenvalue weighted by atomic mass is 10.2. The highest BCUT2D eigenvalue weighted by Gasteiger charge is 2.10. The van der Waals surface area contributed by atoms with E-state index in [0.29, 0.717) is 0 Å². The molecule has 0 radical (unpaired) electrons. The minimum Gasteiger partial charge on any atom is -0.379 e. The molecular formula is C17H23N3O. The summed E-state index contributed by atoms with van der Waals surface area (Å²) < 4.78 is 7.58. The largest absolute Gasteiger partial charge is 0.379 e. The number of pyridine rings is 1. The highest BCUT2D eigenvalue weighted by atomic mass is 16.5. The van der Waals surface area contributed by atoms with Gasteiger partial charge in [-0.25, -0.2) is 4.98 Å². The Morgan fingerprint density at radius 2 is 2.05 bits per heavy atom. The Kier molecular flexibility index (Phi) is 4.68. The molecule has 2 aromatic rings. The number of morpholine rings is 1. The van der Waals surface area contributed by atoms with E-state index in [1.54, 1.807) is 0 Å². The summed E-state index contributed by atoms with van der Waals surface area (Å²) in [5, 5.41) is 0. The lowest BCUT2D eigenvalue weighted by molar-refractivity contribution is 0.0374. The van der Waals surface area contributed by atoms with E-state index in [9.17, 15) is 0 Å². The zero-order chi connectivity index (χ0) is 14.5. The second-order valence-corrected chi connectivity index (χ2v) is 5.62. The highest BCUT2D eigenvalue weighted by molar-refractivity contribution is 5.29. The maximum absolute atomic E-state index is 5.38. The molecule has 4 nitrogen and oxygen atoms in total. The summed E-state index contributed by atoms with van der Waals surface area (Å²) in [5.74, 6) is 1.01. The van der Waals surface area contributed by atoms with Gasteiger partial charge in [0.1, 0.15) is 5.82 Å². The van der Waals surface area contributed by atoms with Crippen molar-refractivity contribution in [2.24, 2.45) is 0 Å². The second-order valence-electron chi connectivity index (χ2n) is 5.62. The molecule has 4 heteroatoms. The molecule has 21 heavy (non-hydrogen) atoms. The molecule has 112 valence electrons. The number of aromatic nitrogens is 2. The van der Waals surface area contributed by atoms with Crippen LogP contribution in [0.25, 0.3) is 5.82 Å². The van der Waals surface area contributed by atoms with E-state index in [4.69, 9.17) is 4.74 Å². The first-order valence-corrected chi connectivity index (χ1v) is 7.72. The number of rotatable bonds is 5. The van der Waals surface area contributed by atoms with E-state index in [1.807, 2.05) is 6.20 Å².